The maximum absolute atomic E-state index is 12.9. The summed E-state index contributed by atoms with van der Waals surface area (Å²) < 4.78 is 12.4. The Balaban J connectivity index is 1.64. The minimum Gasteiger partial charge on any atom is -0.497 e. The number of nitrogens with one attached hydrogen (secondary N) is 1. The molecule has 0 bridgehead atoms. The lowest BCUT2D eigenvalue weighted by atomic mass is 10.2. The van der Waals surface area contributed by atoms with Crippen LogP contribution in [0, 0.1) is 6.92 Å². The molecule has 0 aliphatic carbocycles. The Bertz CT molecular complexity index is 1080. The molecule has 4 rings (SSSR count). The molecule has 1 aromatic carbocycles. The fraction of sp³-hybridized carbons (Fsp3) is 0.350. The summed E-state index contributed by atoms with van der Waals surface area (Å²) in [5, 5.41) is 3.36. The fourth-order valence-corrected chi connectivity index (χ4v) is 4.44. The van der Waals surface area contributed by atoms with Crippen LogP contribution < -0.4 is 15.6 Å². The summed E-state index contributed by atoms with van der Waals surface area (Å²) in [6.07, 6.45) is 3.56. The Morgan fingerprint density at radius 1 is 1.46 bits per heavy atom. The van der Waals surface area contributed by atoms with Gasteiger partial charge in [0.2, 0.25) is 0 Å². The monoisotopic (exact) mass is 399 g/mol. The number of aromatic nitrogens is 2. The summed E-state index contributed by atoms with van der Waals surface area (Å²) in [6.45, 7) is 3.02. The number of methoxy groups -OCH3 is 1. The first-order valence-electron chi connectivity index (χ1n) is 9.12. The second kappa shape index (κ2) is 7.73. The molecule has 1 N–H and O–H groups in total. The summed E-state index contributed by atoms with van der Waals surface area (Å²) in [5.41, 5.74) is 1.15. The van der Waals surface area contributed by atoms with Crippen LogP contribution in [0.5, 0.6) is 5.75 Å². The molecule has 1 aliphatic rings. The molecule has 1 fully saturated rings. The van der Waals surface area contributed by atoms with Crippen molar-refractivity contribution in [2.75, 3.05) is 19.0 Å². The lowest BCUT2D eigenvalue weighted by molar-refractivity contribution is 0.0960. The number of hydrogen-bond donors (Lipinski definition) is 1. The third kappa shape index (κ3) is 3.53. The smallest absolute Gasteiger partial charge is 0.266 e. The molecule has 8 heteroatoms. The van der Waals surface area contributed by atoms with E-state index in [4.69, 9.17) is 9.47 Å². The summed E-state index contributed by atoms with van der Waals surface area (Å²) in [4.78, 5) is 31.2. The van der Waals surface area contributed by atoms with Crippen LogP contribution in [-0.4, -0.2) is 35.3 Å². The van der Waals surface area contributed by atoms with Gasteiger partial charge in [-0.3, -0.25) is 14.2 Å². The molecule has 0 saturated carbocycles. The quantitative estimate of drug-likeness (QED) is 0.712. The highest BCUT2D eigenvalue weighted by Crippen LogP contribution is 2.28. The Kier molecular flexibility index (Phi) is 5.15. The van der Waals surface area contributed by atoms with Gasteiger partial charge < -0.3 is 14.8 Å². The van der Waals surface area contributed by atoms with E-state index >= 15 is 0 Å². The number of carbonyl (C=O) groups excluding carboxylic acids is 1. The van der Waals surface area contributed by atoms with Crippen molar-refractivity contribution in [2.24, 2.45) is 0 Å². The van der Waals surface area contributed by atoms with Gasteiger partial charge in [0.05, 0.1) is 36.3 Å². The lowest BCUT2D eigenvalue weighted by Crippen LogP contribution is -2.26. The zero-order valence-corrected chi connectivity index (χ0v) is 16.5. The van der Waals surface area contributed by atoms with E-state index in [1.54, 1.807) is 49.2 Å². The van der Waals surface area contributed by atoms with E-state index in [9.17, 15) is 9.59 Å². The number of rotatable bonds is 5. The topological polar surface area (TPSA) is 82.4 Å². The predicted molar refractivity (Wildman–Crippen MR) is 109 cm³/mol. The van der Waals surface area contributed by atoms with Crippen LogP contribution in [0.25, 0.3) is 10.2 Å². The van der Waals surface area contributed by atoms with Crippen LogP contribution >= 0.6 is 11.3 Å². The van der Waals surface area contributed by atoms with Crippen molar-refractivity contribution >= 4 is 33.1 Å². The molecule has 146 valence electrons. The minimum atomic E-state index is -0.265. The number of anilines is 1. The number of amides is 1. The van der Waals surface area contributed by atoms with Crippen LogP contribution in [-0.2, 0) is 11.3 Å². The van der Waals surface area contributed by atoms with E-state index in [-0.39, 0.29) is 17.6 Å². The number of fused-ring (bicyclic) bond motifs is 1. The zero-order chi connectivity index (χ0) is 19.7. The molecule has 0 spiro atoms. The largest absolute Gasteiger partial charge is 0.497 e. The average molecular weight is 399 g/mol. The van der Waals surface area contributed by atoms with Crippen molar-refractivity contribution in [3.8, 4) is 5.75 Å². The van der Waals surface area contributed by atoms with Gasteiger partial charge in [-0.25, -0.2) is 4.98 Å². The highest BCUT2D eigenvalue weighted by Gasteiger charge is 2.22. The highest BCUT2D eigenvalue weighted by atomic mass is 32.1. The number of aryl methyl sites for hydroxylation is 1. The third-order valence-corrected chi connectivity index (χ3v) is 6.07. The van der Waals surface area contributed by atoms with E-state index in [1.807, 2.05) is 0 Å². The van der Waals surface area contributed by atoms with Crippen LogP contribution in [0.4, 0.5) is 5.69 Å². The summed E-state index contributed by atoms with van der Waals surface area (Å²) in [5.74, 6) is 0.392. The van der Waals surface area contributed by atoms with Gasteiger partial charge in [0.1, 0.15) is 10.6 Å². The van der Waals surface area contributed by atoms with Gasteiger partial charge in [-0.15, -0.1) is 11.3 Å². The molecule has 0 radical (unpaired) electrons. The summed E-state index contributed by atoms with van der Waals surface area (Å²) >= 11 is 1.23. The molecule has 3 aromatic rings. The molecule has 1 aliphatic heterocycles. The van der Waals surface area contributed by atoms with Crippen LogP contribution in [0.2, 0.25) is 0 Å². The van der Waals surface area contributed by atoms with E-state index < -0.39 is 0 Å². The van der Waals surface area contributed by atoms with E-state index in [0.717, 1.165) is 19.4 Å². The van der Waals surface area contributed by atoms with Crippen molar-refractivity contribution < 1.29 is 14.3 Å². The molecule has 3 heterocycles. The van der Waals surface area contributed by atoms with Crippen LogP contribution in [0.3, 0.4) is 0 Å². The molecular weight excluding hydrogens is 378 g/mol. The summed E-state index contributed by atoms with van der Waals surface area (Å²) in [6, 6.07) is 7.14. The first-order chi connectivity index (χ1) is 13.6. The lowest BCUT2D eigenvalue weighted by Gasteiger charge is -2.11. The number of benzene rings is 1. The second-order valence-electron chi connectivity index (χ2n) is 6.76. The molecule has 1 atom stereocenters. The second-order valence-corrected chi connectivity index (χ2v) is 7.76. The highest BCUT2D eigenvalue weighted by molar-refractivity contribution is 7.20. The van der Waals surface area contributed by atoms with Crippen molar-refractivity contribution in [1.29, 1.82) is 0 Å². The maximum atomic E-state index is 12.9. The van der Waals surface area contributed by atoms with Crippen molar-refractivity contribution in [1.82, 2.24) is 9.55 Å². The molecule has 7 nitrogen and oxygen atoms in total. The first kappa shape index (κ1) is 18.6. The van der Waals surface area contributed by atoms with Gasteiger partial charge in [0, 0.05) is 18.4 Å². The Morgan fingerprint density at radius 3 is 3.07 bits per heavy atom. The SMILES string of the molecule is COc1cccc(NC(=O)c2sc3ncn(CC4CCCO4)c(=O)c3c2C)c1. The zero-order valence-electron chi connectivity index (χ0n) is 15.7. The van der Waals surface area contributed by atoms with Gasteiger partial charge in [0.15, 0.2) is 0 Å². The Morgan fingerprint density at radius 2 is 2.32 bits per heavy atom. The minimum absolute atomic E-state index is 0.0479. The number of hydrogen-bond acceptors (Lipinski definition) is 6. The Labute approximate surface area is 165 Å². The molecule has 1 amide bonds. The van der Waals surface area contributed by atoms with E-state index in [1.165, 1.54) is 11.3 Å². The Hall–Kier alpha value is -2.71. The van der Waals surface area contributed by atoms with Crippen LogP contribution in [0.15, 0.2) is 35.4 Å². The average Bonchev–Trinajstić information content (AvgIpc) is 3.32. The van der Waals surface area contributed by atoms with Gasteiger partial charge in [-0.1, -0.05) is 6.07 Å². The fourth-order valence-electron chi connectivity index (χ4n) is 3.40. The van der Waals surface area contributed by atoms with E-state index in [0.29, 0.717) is 38.6 Å². The van der Waals surface area contributed by atoms with Crippen molar-refractivity contribution in [2.45, 2.75) is 32.4 Å². The number of ether oxygens (including phenoxy) is 2. The number of thiophene rings is 1. The number of nitrogens with zero attached hydrogens (tertiary/aromatic N) is 2. The number of carbonyl (C=O) groups is 1. The standard InChI is InChI=1S/C20H21N3O4S/c1-12-16-19(21-11-23(20(16)25)10-15-7-4-8-27-15)28-17(12)18(24)22-13-5-3-6-14(9-13)26-2/h3,5-6,9,11,15H,4,7-8,10H2,1-2H3,(H,22,24). The van der Waals surface area contributed by atoms with Gasteiger partial charge in [-0.2, -0.15) is 0 Å². The molecule has 1 saturated heterocycles. The maximum Gasteiger partial charge on any atom is 0.266 e. The van der Waals surface area contributed by atoms with Crippen LogP contribution in [0.1, 0.15) is 28.1 Å². The predicted octanol–water partition coefficient (Wildman–Crippen LogP) is 3.21. The van der Waals surface area contributed by atoms with Crippen molar-refractivity contribution in [3.63, 3.8) is 0 Å². The molecule has 2 aromatic heterocycles. The van der Waals surface area contributed by atoms with E-state index in [2.05, 4.69) is 10.3 Å². The first-order valence-corrected chi connectivity index (χ1v) is 9.94. The third-order valence-electron chi connectivity index (χ3n) is 4.88. The van der Waals surface area contributed by atoms with Crippen molar-refractivity contribution in [3.05, 3.63) is 51.4 Å². The normalized spacial score (nSPS) is 16.4. The molecule has 28 heavy (non-hydrogen) atoms. The summed E-state index contributed by atoms with van der Waals surface area (Å²) in [7, 11) is 1.57. The van der Waals surface area contributed by atoms with Gasteiger partial charge in [-0.05, 0) is 37.5 Å². The molecular formula is C20H21N3O4S. The van der Waals surface area contributed by atoms with Gasteiger partial charge >= 0.3 is 0 Å². The molecule has 1 unspecified atom stereocenters. The van der Waals surface area contributed by atoms with Gasteiger partial charge in [0.25, 0.3) is 11.5 Å².